The van der Waals surface area contributed by atoms with Crippen LogP contribution >= 0.6 is 23.2 Å². The van der Waals surface area contributed by atoms with Gasteiger partial charge in [0.2, 0.25) is 5.91 Å². The predicted molar refractivity (Wildman–Crippen MR) is 130 cm³/mol. The van der Waals surface area contributed by atoms with Crippen LogP contribution in [-0.4, -0.2) is 23.9 Å². The fourth-order valence-corrected chi connectivity index (χ4v) is 4.51. The van der Waals surface area contributed by atoms with Crippen LogP contribution in [0.1, 0.15) is 41.7 Å². The molecule has 0 radical (unpaired) electrons. The van der Waals surface area contributed by atoms with Crippen LogP contribution in [0.15, 0.2) is 60.8 Å². The molecule has 1 heterocycles. The molecule has 1 aliphatic carbocycles. The fourth-order valence-electron chi connectivity index (χ4n) is 4.21. The number of nitrogens with one attached hydrogen (secondary N) is 2. The van der Waals surface area contributed by atoms with Crippen molar-refractivity contribution >= 4 is 46.4 Å². The van der Waals surface area contributed by atoms with Crippen LogP contribution in [0.4, 0.5) is 11.4 Å². The molecule has 0 aliphatic heterocycles. The number of anilines is 2. The van der Waals surface area contributed by atoms with Crippen molar-refractivity contribution in [1.29, 1.82) is 0 Å². The average molecular weight is 484 g/mol. The number of carbonyl (C=O) groups excluding carboxylic acids is 2. The molecule has 0 atom stereocenters. The number of methoxy groups -OCH3 is 1. The Morgan fingerprint density at radius 1 is 0.939 bits per heavy atom. The molecule has 2 aromatic carbocycles. The lowest BCUT2D eigenvalue weighted by molar-refractivity contribution is -0.121. The number of pyridine rings is 1. The van der Waals surface area contributed by atoms with E-state index in [-0.39, 0.29) is 11.8 Å². The molecule has 8 heteroatoms. The third-order valence-electron chi connectivity index (χ3n) is 5.90. The standard InChI is InChI=1S/C25H23Cl2N3O3/c1-33-21-14-19(8-9-20(21)23(31)29-18-6-4-5-16(26)13-18)30-24(32)25(11-2-3-12-25)22-10-7-17(27)15-28-22/h4-10,13-15H,2-3,11-12H2,1H3,(H,29,31)(H,30,32). The minimum Gasteiger partial charge on any atom is -0.496 e. The molecule has 4 rings (SSSR count). The first-order valence-electron chi connectivity index (χ1n) is 10.6. The van der Waals surface area contributed by atoms with Gasteiger partial charge in [-0.15, -0.1) is 0 Å². The molecule has 1 aliphatic rings. The Labute approximate surface area is 202 Å². The van der Waals surface area contributed by atoms with Crippen molar-refractivity contribution in [2.75, 3.05) is 17.7 Å². The maximum atomic E-state index is 13.4. The number of rotatable bonds is 6. The summed E-state index contributed by atoms with van der Waals surface area (Å²) in [6.45, 7) is 0. The Morgan fingerprint density at radius 3 is 2.36 bits per heavy atom. The first-order chi connectivity index (χ1) is 15.9. The van der Waals surface area contributed by atoms with E-state index in [4.69, 9.17) is 27.9 Å². The van der Waals surface area contributed by atoms with Gasteiger partial charge in [0.15, 0.2) is 0 Å². The quantitative estimate of drug-likeness (QED) is 0.443. The maximum Gasteiger partial charge on any atom is 0.259 e. The Kier molecular flexibility index (Phi) is 6.86. The molecular formula is C25H23Cl2N3O3. The molecule has 0 bridgehead atoms. The van der Waals surface area contributed by atoms with Gasteiger partial charge in [0, 0.05) is 28.7 Å². The van der Waals surface area contributed by atoms with Gasteiger partial charge in [0.1, 0.15) is 5.75 Å². The average Bonchev–Trinajstić information content (AvgIpc) is 3.31. The predicted octanol–water partition coefficient (Wildman–Crippen LogP) is 6.10. The number of amides is 2. The van der Waals surface area contributed by atoms with E-state index in [0.717, 1.165) is 12.8 Å². The normalized spacial score (nSPS) is 14.5. The lowest BCUT2D eigenvalue weighted by atomic mass is 9.81. The van der Waals surface area contributed by atoms with Crippen molar-refractivity contribution in [1.82, 2.24) is 4.98 Å². The number of benzene rings is 2. The lowest BCUT2D eigenvalue weighted by Crippen LogP contribution is -2.38. The van der Waals surface area contributed by atoms with E-state index in [2.05, 4.69) is 15.6 Å². The van der Waals surface area contributed by atoms with E-state index in [1.807, 2.05) is 6.07 Å². The molecule has 0 unspecified atom stereocenters. The summed E-state index contributed by atoms with van der Waals surface area (Å²) in [5.74, 6) is -0.130. The molecule has 6 nitrogen and oxygen atoms in total. The van der Waals surface area contributed by atoms with Gasteiger partial charge in [0.25, 0.3) is 5.91 Å². The van der Waals surface area contributed by atoms with Crippen molar-refractivity contribution in [2.24, 2.45) is 0 Å². The van der Waals surface area contributed by atoms with Crippen LogP contribution in [0.2, 0.25) is 10.0 Å². The van der Waals surface area contributed by atoms with Crippen LogP contribution in [0.5, 0.6) is 5.75 Å². The highest BCUT2D eigenvalue weighted by molar-refractivity contribution is 6.31. The monoisotopic (exact) mass is 483 g/mol. The van der Waals surface area contributed by atoms with Crippen molar-refractivity contribution in [2.45, 2.75) is 31.1 Å². The van der Waals surface area contributed by atoms with Gasteiger partial charge in [-0.2, -0.15) is 0 Å². The highest BCUT2D eigenvalue weighted by atomic mass is 35.5. The van der Waals surface area contributed by atoms with Crippen molar-refractivity contribution in [3.63, 3.8) is 0 Å². The zero-order valence-electron chi connectivity index (χ0n) is 18.0. The summed E-state index contributed by atoms with van der Waals surface area (Å²) in [7, 11) is 1.48. The van der Waals surface area contributed by atoms with E-state index >= 15 is 0 Å². The zero-order valence-corrected chi connectivity index (χ0v) is 19.5. The van der Waals surface area contributed by atoms with Crippen LogP contribution < -0.4 is 15.4 Å². The summed E-state index contributed by atoms with van der Waals surface area (Å²) >= 11 is 12.0. The van der Waals surface area contributed by atoms with Crippen LogP contribution in [-0.2, 0) is 10.2 Å². The summed E-state index contributed by atoms with van der Waals surface area (Å²) in [6.07, 6.45) is 4.89. The van der Waals surface area contributed by atoms with Gasteiger partial charge in [-0.25, -0.2) is 0 Å². The molecule has 33 heavy (non-hydrogen) atoms. The van der Waals surface area contributed by atoms with Crippen molar-refractivity contribution in [3.05, 3.63) is 82.1 Å². The second-order valence-corrected chi connectivity index (χ2v) is 8.86. The summed E-state index contributed by atoms with van der Waals surface area (Å²) in [5.41, 5.74) is 1.46. The molecule has 1 fully saturated rings. The SMILES string of the molecule is COc1cc(NC(=O)C2(c3ccc(Cl)cn3)CCCC2)ccc1C(=O)Nc1cccc(Cl)c1. The molecule has 1 aromatic heterocycles. The molecule has 0 spiro atoms. The van der Waals surface area contributed by atoms with E-state index in [0.29, 0.717) is 51.3 Å². The smallest absolute Gasteiger partial charge is 0.259 e. The van der Waals surface area contributed by atoms with Gasteiger partial charge in [-0.05, 0) is 55.3 Å². The van der Waals surface area contributed by atoms with Crippen molar-refractivity contribution < 1.29 is 14.3 Å². The summed E-state index contributed by atoms with van der Waals surface area (Å²) in [5, 5.41) is 6.85. The van der Waals surface area contributed by atoms with E-state index in [1.54, 1.807) is 54.7 Å². The molecule has 0 saturated heterocycles. The Hall–Kier alpha value is -3.09. The van der Waals surface area contributed by atoms with Gasteiger partial charge in [0.05, 0.1) is 28.8 Å². The minimum absolute atomic E-state index is 0.131. The summed E-state index contributed by atoms with van der Waals surface area (Å²) in [4.78, 5) is 30.6. The number of ether oxygens (including phenoxy) is 1. The summed E-state index contributed by atoms with van der Waals surface area (Å²) < 4.78 is 5.43. The Bertz CT molecular complexity index is 1180. The first kappa shape index (κ1) is 23.1. The maximum absolute atomic E-state index is 13.4. The van der Waals surface area contributed by atoms with Crippen LogP contribution in [0.3, 0.4) is 0 Å². The number of hydrogen-bond donors (Lipinski definition) is 2. The number of aromatic nitrogens is 1. The Morgan fingerprint density at radius 2 is 1.70 bits per heavy atom. The van der Waals surface area contributed by atoms with Crippen LogP contribution in [0.25, 0.3) is 0 Å². The van der Waals surface area contributed by atoms with E-state index in [9.17, 15) is 9.59 Å². The highest BCUT2D eigenvalue weighted by Gasteiger charge is 2.44. The molecular weight excluding hydrogens is 461 g/mol. The van der Waals surface area contributed by atoms with Gasteiger partial charge in [-0.3, -0.25) is 14.6 Å². The molecule has 3 aromatic rings. The number of nitrogens with zero attached hydrogens (tertiary/aromatic N) is 1. The molecule has 1 saturated carbocycles. The number of halogens is 2. The van der Waals surface area contributed by atoms with Crippen molar-refractivity contribution in [3.8, 4) is 5.75 Å². The second kappa shape index (κ2) is 9.81. The lowest BCUT2D eigenvalue weighted by Gasteiger charge is -2.27. The highest BCUT2D eigenvalue weighted by Crippen LogP contribution is 2.41. The first-order valence-corrected chi connectivity index (χ1v) is 11.4. The van der Waals surface area contributed by atoms with Crippen LogP contribution in [0, 0.1) is 0 Å². The van der Waals surface area contributed by atoms with E-state index in [1.165, 1.54) is 7.11 Å². The zero-order chi connectivity index (χ0) is 23.4. The number of carbonyl (C=O) groups is 2. The molecule has 2 N–H and O–H groups in total. The molecule has 170 valence electrons. The third kappa shape index (κ3) is 4.97. The van der Waals surface area contributed by atoms with Gasteiger partial charge >= 0.3 is 0 Å². The molecule has 2 amide bonds. The van der Waals surface area contributed by atoms with E-state index < -0.39 is 5.41 Å². The Balaban J connectivity index is 1.55. The third-order valence-corrected chi connectivity index (χ3v) is 6.35. The largest absolute Gasteiger partial charge is 0.496 e. The minimum atomic E-state index is -0.708. The summed E-state index contributed by atoms with van der Waals surface area (Å²) in [6, 6.07) is 15.4. The topological polar surface area (TPSA) is 80.3 Å². The fraction of sp³-hybridized carbons (Fsp3) is 0.240. The number of hydrogen-bond acceptors (Lipinski definition) is 4. The van der Waals surface area contributed by atoms with Gasteiger partial charge in [-0.1, -0.05) is 42.1 Å². The second-order valence-electron chi connectivity index (χ2n) is 7.98. The van der Waals surface area contributed by atoms with Gasteiger partial charge < -0.3 is 15.4 Å².